The molecule has 0 aliphatic rings. The van der Waals surface area contributed by atoms with Gasteiger partial charge in [0.25, 0.3) is 11.6 Å². The minimum Gasteiger partial charge on any atom is -0.298 e. The lowest BCUT2D eigenvalue weighted by molar-refractivity contribution is -0.385. The van der Waals surface area contributed by atoms with Gasteiger partial charge in [0, 0.05) is 29.3 Å². The average molecular weight is 477 g/mol. The van der Waals surface area contributed by atoms with Crippen LogP contribution in [0.4, 0.5) is 10.8 Å². The number of hydrogen-bond donors (Lipinski definition) is 1. The number of benzene rings is 2. The molecule has 1 aromatic heterocycles. The van der Waals surface area contributed by atoms with E-state index in [9.17, 15) is 23.3 Å². The summed E-state index contributed by atoms with van der Waals surface area (Å²) >= 11 is 1.14. The minimum atomic E-state index is -3.71. The van der Waals surface area contributed by atoms with Crippen LogP contribution in [0, 0.1) is 17.0 Å². The summed E-state index contributed by atoms with van der Waals surface area (Å²) < 4.78 is 28.3. The number of fused-ring (bicyclic) bond motifs is 1. The van der Waals surface area contributed by atoms with E-state index in [1.165, 1.54) is 35.5 Å². The van der Waals surface area contributed by atoms with Crippen LogP contribution in [0.2, 0.25) is 0 Å². The number of nitro benzene ring substituents is 1. The number of carbonyl (C=O) groups is 1. The lowest BCUT2D eigenvalue weighted by Crippen LogP contribution is -2.41. The van der Waals surface area contributed by atoms with Crippen molar-refractivity contribution in [1.29, 1.82) is 0 Å². The Balaban J connectivity index is 1.93. The molecule has 0 radical (unpaired) electrons. The third-order valence-electron chi connectivity index (χ3n) is 4.92. The Morgan fingerprint density at radius 2 is 1.81 bits per heavy atom. The standard InChI is InChI=1S/C21H24N4O5S2/c1-12(2)24(13(3)4)32(29,30)15-9-10-17-19(11-15)31-21(22-17)23-20(26)16-7-6-8-18(14(16)5)25(27)28/h6-13H,1-5H3,(H,22,23,26). The maximum atomic E-state index is 13.1. The molecule has 1 N–H and O–H groups in total. The molecule has 0 spiro atoms. The molecule has 0 saturated heterocycles. The molecule has 3 rings (SSSR count). The molecule has 9 nitrogen and oxygen atoms in total. The van der Waals surface area contributed by atoms with E-state index in [1.54, 1.807) is 12.1 Å². The fraction of sp³-hybridized carbons (Fsp3) is 0.333. The lowest BCUT2D eigenvalue weighted by atomic mass is 10.1. The molecule has 2 aromatic carbocycles. The van der Waals surface area contributed by atoms with Crippen molar-refractivity contribution in [2.75, 3.05) is 5.32 Å². The van der Waals surface area contributed by atoms with E-state index in [0.717, 1.165) is 11.3 Å². The first-order valence-electron chi connectivity index (χ1n) is 9.93. The van der Waals surface area contributed by atoms with Gasteiger partial charge in [-0.15, -0.1) is 0 Å². The molecule has 0 saturated carbocycles. The van der Waals surface area contributed by atoms with Gasteiger partial charge in [0.15, 0.2) is 5.13 Å². The zero-order valence-corrected chi connectivity index (χ0v) is 20.0. The van der Waals surface area contributed by atoms with E-state index in [-0.39, 0.29) is 38.9 Å². The van der Waals surface area contributed by atoms with Crippen LogP contribution in [0.5, 0.6) is 0 Å². The molecule has 11 heteroatoms. The van der Waals surface area contributed by atoms with Crippen LogP contribution in [-0.4, -0.2) is 40.6 Å². The van der Waals surface area contributed by atoms with Crippen molar-refractivity contribution in [2.24, 2.45) is 0 Å². The number of sulfonamides is 1. The molecule has 1 heterocycles. The van der Waals surface area contributed by atoms with Crippen molar-refractivity contribution >= 4 is 48.3 Å². The molecule has 170 valence electrons. The van der Waals surface area contributed by atoms with Crippen LogP contribution < -0.4 is 5.32 Å². The number of nitrogens with zero attached hydrogens (tertiary/aromatic N) is 3. The smallest absolute Gasteiger partial charge is 0.273 e. The van der Waals surface area contributed by atoms with Crippen molar-refractivity contribution in [3.8, 4) is 0 Å². The van der Waals surface area contributed by atoms with Gasteiger partial charge in [-0.05, 0) is 58.9 Å². The highest BCUT2D eigenvalue weighted by Crippen LogP contribution is 2.31. The van der Waals surface area contributed by atoms with E-state index >= 15 is 0 Å². The molecule has 3 aromatic rings. The highest BCUT2D eigenvalue weighted by atomic mass is 32.2. The van der Waals surface area contributed by atoms with Gasteiger partial charge >= 0.3 is 0 Å². The molecule has 0 bridgehead atoms. The van der Waals surface area contributed by atoms with Crippen LogP contribution in [0.1, 0.15) is 43.6 Å². The maximum Gasteiger partial charge on any atom is 0.273 e. The average Bonchev–Trinajstić information content (AvgIpc) is 3.08. The third-order valence-corrected chi connectivity index (χ3v) is 8.10. The summed E-state index contributed by atoms with van der Waals surface area (Å²) in [6.07, 6.45) is 0. The van der Waals surface area contributed by atoms with Gasteiger partial charge in [0.2, 0.25) is 10.0 Å². The Morgan fingerprint density at radius 1 is 1.16 bits per heavy atom. The van der Waals surface area contributed by atoms with Crippen LogP contribution in [0.15, 0.2) is 41.3 Å². The van der Waals surface area contributed by atoms with Crippen molar-refractivity contribution < 1.29 is 18.1 Å². The van der Waals surface area contributed by atoms with E-state index in [4.69, 9.17) is 0 Å². The second kappa shape index (κ2) is 8.93. The summed E-state index contributed by atoms with van der Waals surface area (Å²) in [5.41, 5.74) is 0.829. The number of anilines is 1. The van der Waals surface area contributed by atoms with Gasteiger partial charge in [-0.25, -0.2) is 13.4 Å². The molecule has 1 amide bonds. The van der Waals surface area contributed by atoms with Crippen molar-refractivity contribution in [3.63, 3.8) is 0 Å². The van der Waals surface area contributed by atoms with Gasteiger partial charge in [0.1, 0.15) is 0 Å². The van der Waals surface area contributed by atoms with Gasteiger partial charge in [-0.3, -0.25) is 20.2 Å². The third kappa shape index (κ3) is 4.50. The maximum absolute atomic E-state index is 13.1. The number of nitrogens with one attached hydrogen (secondary N) is 1. The number of hydrogen-bond acceptors (Lipinski definition) is 7. The van der Waals surface area contributed by atoms with Crippen molar-refractivity contribution in [3.05, 3.63) is 57.6 Å². The highest BCUT2D eigenvalue weighted by Gasteiger charge is 2.30. The first-order valence-corrected chi connectivity index (χ1v) is 12.2. The summed E-state index contributed by atoms with van der Waals surface area (Å²) in [6, 6.07) is 8.54. The van der Waals surface area contributed by atoms with Crippen LogP contribution in [-0.2, 0) is 10.0 Å². The molecule has 32 heavy (non-hydrogen) atoms. The molecule has 0 unspecified atom stereocenters. The first kappa shape index (κ1) is 23.8. The van der Waals surface area contributed by atoms with E-state index in [0.29, 0.717) is 10.2 Å². The summed E-state index contributed by atoms with van der Waals surface area (Å²) in [5, 5.41) is 14.1. The van der Waals surface area contributed by atoms with Crippen molar-refractivity contribution in [2.45, 2.75) is 51.6 Å². The Morgan fingerprint density at radius 3 is 2.41 bits per heavy atom. The van der Waals surface area contributed by atoms with Gasteiger partial charge in [-0.1, -0.05) is 17.4 Å². The largest absolute Gasteiger partial charge is 0.298 e. The number of aromatic nitrogens is 1. The molecule has 0 fully saturated rings. The zero-order valence-electron chi connectivity index (χ0n) is 18.3. The zero-order chi connectivity index (χ0) is 23.8. The predicted molar refractivity (Wildman–Crippen MR) is 125 cm³/mol. The summed E-state index contributed by atoms with van der Waals surface area (Å²) in [7, 11) is -3.71. The van der Waals surface area contributed by atoms with E-state index < -0.39 is 20.9 Å². The molecular formula is C21H24N4O5S2. The van der Waals surface area contributed by atoms with Crippen molar-refractivity contribution in [1.82, 2.24) is 9.29 Å². The van der Waals surface area contributed by atoms with Gasteiger partial charge in [0.05, 0.1) is 20.0 Å². The van der Waals surface area contributed by atoms with E-state index in [2.05, 4.69) is 10.3 Å². The lowest BCUT2D eigenvalue weighted by Gasteiger charge is -2.29. The highest BCUT2D eigenvalue weighted by molar-refractivity contribution is 7.89. The number of thiazole rings is 1. The Hall–Kier alpha value is -2.89. The Bertz CT molecular complexity index is 1290. The molecular weight excluding hydrogens is 452 g/mol. The number of nitro groups is 1. The first-order chi connectivity index (χ1) is 14.9. The Labute approximate surface area is 190 Å². The normalized spacial score (nSPS) is 12.1. The quantitative estimate of drug-likeness (QED) is 0.394. The van der Waals surface area contributed by atoms with Gasteiger partial charge in [-0.2, -0.15) is 4.31 Å². The monoisotopic (exact) mass is 476 g/mol. The second-order valence-corrected chi connectivity index (χ2v) is 10.7. The topological polar surface area (TPSA) is 123 Å². The van der Waals surface area contributed by atoms with Crippen LogP contribution in [0.25, 0.3) is 10.2 Å². The number of rotatable bonds is 7. The summed E-state index contributed by atoms with van der Waals surface area (Å²) in [4.78, 5) is 27.8. The van der Waals surface area contributed by atoms with Crippen LogP contribution >= 0.6 is 11.3 Å². The Kier molecular flexibility index (Phi) is 6.63. The fourth-order valence-corrected chi connectivity index (χ4v) is 6.46. The summed E-state index contributed by atoms with van der Waals surface area (Å²) in [5.74, 6) is -0.524. The van der Waals surface area contributed by atoms with Gasteiger partial charge < -0.3 is 0 Å². The molecule has 0 atom stereocenters. The SMILES string of the molecule is Cc1c(C(=O)Nc2nc3ccc(S(=O)(=O)N(C(C)C)C(C)C)cc3s2)cccc1[N+](=O)[O-]. The second-order valence-electron chi connectivity index (χ2n) is 7.83. The van der Waals surface area contributed by atoms with Crippen LogP contribution in [0.3, 0.4) is 0 Å². The number of carbonyl (C=O) groups excluding carboxylic acids is 1. The fourth-order valence-electron chi connectivity index (χ4n) is 3.62. The molecule has 0 aliphatic heterocycles. The summed E-state index contributed by atoms with van der Waals surface area (Å²) in [6.45, 7) is 8.81. The number of amides is 1. The minimum absolute atomic E-state index is 0.142. The molecule has 0 aliphatic carbocycles. The predicted octanol–water partition coefficient (Wildman–Crippen LogP) is 4.57. The van der Waals surface area contributed by atoms with E-state index in [1.807, 2.05) is 27.7 Å².